The minimum atomic E-state index is -2.09. The fourth-order valence-corrected chi connectivity index (χ4v) is 3.18. The lowest BCUT2D eigenvalue weighted by Gasteiger charge is -2.44. The van der Waals surface area contributed by atoms with E-state index in [1.165, 1.54) is 0 Å². The number of benzene rings is 1. The zero-order valence-corrected chi connectivity index (χ0v) is 12.3. The van der Waals surface area contributed by atoms with Gasteiger partial charge >= 0.3 is 5.97 Å². The number of carbonyl (C=O) groups is 1. The minimum Gasteiger partial charge on any atom is -0.508 e. The van der Waals surface area contributed by atoms with Crippen molar-refractivity contribution in [1.29, 1.82) is 0 Å². The van der Waals surface area contributed by atoms with Crippen LogP contribution in [0.1, 0.15) is 38.7 Å². The van der Waals surface area contributed by atoms with Crippen LogP contribution in [-0.2, 0) is 10.2 Å². The maximum absolute atomic E-state index is 11.3. The number of aliphatic hydroxyl groups excluding tert-OH is 1. The topological polar surface area (TPSA) is 98.0 Å². The number of hydrogen-bond acceptors (Lipinski definition) is 4. The molecule has 0 spiro atoms. The predicted molar refractivity (Wildman–Crippen MR) is 77.1 cm³/mol. The highest BCUT2D eigenvalue weighted by Gasteiger charge is 2.51. The summed E-state index contributed by atoms with van der Waals surface area (Å²) in [5, 5.41) is 38.7. The quantitative estimate of drug-likeness (QED) is 0.679. The smallest absolute Gasteiger partial charge is 0.338 e. The Kier molecular flexibility index (Phi) is 4.00. The largest absolute Gasteiger partial charge is 0.508 e. The van der Waals surface area contributed by atoms with Gasteiger partial charge in [-0.2, -0.15) is 0 Å². The van der Waals surface area contributed by atoms with Gasteiger partial charge in [0.2, 0.25) is 0 Å². The highest BCUT2D eigenvalue weighted by Crippen LogP contribution is 2.44. The zero-order valence-electron chi connectivity index (χ0n) is 12.3. The molecule has 1 fully saturated rings. The molecule has 5 heteroatoms. The van der Waals surface area contributed by atoms with Crippen LogP contribution in [0, 0.1) is 5.92 Å². The predicted octanol–water partition coefficient (Wildman–Crippen LogP) is 1.65. The highest BCUT2D eigenvalue weighted by molar-refractivity contribution is 5.78. The second-order valence-corrected chi connectivity index (χ2v) is 6.49. The SMILES string of the molecule is CC(C)(c1ccc(O)cc1)C1CCC(O)C(O)(C(=O)O)C1. The number of aliphatic hydroxyl groups is 2. The van der Waals surface area contributed by atoms with E-state index >= 15 is 0 Å². The molecule has 1 aliphatic carbocycles. The Morgan fingerprint density at radius 2 is 1.81 bits per heavy atom. The van der Waals surface area contributed by atoms with E-state index < -0.39 is 17.7 Å². The Hall–Kier alpha value is -1.59. The van der Waals surface area contributed by atoms with Crippen LogP contribution in [0.25, 0.3) is 0 Å². The van der Waals surface area contributed by atoms with Gasteiger partial charge in [-0.05, 0) is 48.3 Å². The van der Waals surface area contributed by atoms with Crippen molar-refractivity contribution in [2.45, 2.75) is 50.2 Å². The molecular weight excluding hydrogens is 272 g/mol. The minimum absolute atomic E-state index is 0.0113. The van der Waals surface area contributed by atoms with E-state index in [0.717, 1.165) is 5.56 Å². The fraction of sp³-hybridized carbons (Fsp3) is 0.562. The first-order valence-corrected chi connectivity index (χ1v) is 7.11. The molecule has 1 aliphatic rings. The van der Waals surface area contributed by atoms with Gasteiger partial charge in [0.15, 0.2) is 5.60 Å². The van der Waals surface area contributed by atoms with Gasteiger partial charge in [0.25, 0.3) is 0 Å². The lowest BCUT2D eigenvalue weighted by molar-refractivity contribution is -0.182. The molecule has 0 aliphatic heterocycles. The molecular formula is C16H22O5. The molecule has 1 aromatic rings. The van der Waals surface area contributed by atoms with Gasteiger partial charge in [0.1, 0.15) is 5.75 Å². The first-order valence-electron chi connectivity index (χ1n) is 7.11. The van der Waals surface area contributed by atoms with Crippen LogP contribution in [0.15, 0.2) is 24.3 Å². The van der Waals surface area contributed by atoms with Crippen LogP contribution in [0.5, 0.6) is 5.75 Å². The lowest BCUT2D eigenvalue weighted by atomic mass is 9.63. The van der Waals surface area contributed by atoms with Gasteiger partial charge < -0.3 is 20.4 Å². The average Bonchev–Trinajstić information content (AvgIpc) is 2.42. The number of aromatic hydroxyl groups is 1. The monoisotopic (exact) mass is 294 g/mol. The maximum Gasteiger partial charge on any atom is 0.338 e. The molecule has 0 bridgehead atoms. The van der Waals surface area contributed by atoms with Gasteiger partial charge in [-0.1, -0.05) is 26.0 Å². The summed E-state index contributed by atoms with van der Waals surface area (Å²) in [7, 11) is 0. The third-order valence-corrected chi connectivity index (χ3v) is 4.90. The Balaban J connectivity index is 2.28. The van der Waals surface area contributed by atoms with E-state index in [1.807, 2.05) is 13.8 Å². The van der Waals surface area contributed by atoms with Crippen molar-refractivity contribution in [1.82, 2.24) is 0 Å². The molecule has 3 atom stereocenters. The van der Waals surface area contributed by atoms with Crippen LogP contribution >= 0.6 is 0 Å². The van der Waals surface area contributed by atoms with Crippen molar-refractivity contribution in [2.24, 2.45) is 5.92 Å². The molecule has 0 heterocycles. The molecule has 0 amide bonds. The molecule has 21 heavy (non-hydrogen) atoms. The molecule has 0 radical (unpaired) electrons. The molecule has 3 unspecified atom stereocenters. The van der Waals surface area contributed by atoms with Crippen molar-refractivity contribution < 1.29 is 25.2 Å². The van der Waals surface area contributed by atoms with Gasteiger partial charge in [-0.15, -0.1) is 0 Å². The van der Waals surface area contributed by atoms with Gasteiger partial charge in [0, 0.05) is 0 Å². The summed E-state index contributed by atoms with van der Waals surface area (Å²) in [6.45, 7) is 3.98. The number of hydrogen-bond donors (Lipinski definition) is 4. The summed E-state index contributed by atoms with van der Waals surface area (Å²) in [6.07, 6.45) is -0.321. The van der Waals surface area contributed by atoms with E-state index in [9.17, 15) is 25.2 Å². The first kappa shape index (κ1) is 15.8. The van der Waals surface area contributed by atoms with Crippen molar-refractivity contribution >= 4 is 5.97 Å². The van der Waals surface area contributed by atoms with Crippen LogP contribution < -0.4 is 0 Å². The number of phenols is 1. The van der Waals surface area contributed by atoms with Crippen molar-refractivity contribution in [3.05, 3.63) is 29.8 Å². The second-order valence-electron chi connectivity index (χ2n) is 6.49. The molecule has 2 rings (SSSR count). The Morgan fingerprint density at radius 1 is 1.24 bits per heavy atom. The van der Waals surface area contributed by atoms with E-state index in [4.69, 9.17) is 0 Å². The van der Waals surface area contributed by atoms with E-state index in [-0.39, 0.29) is 29.9 Å². The van der Waals surface area contributed by atoms with Crippen LogP contribution in [0.4, 0.5) is 0 Å². The summed E-state index contributed by atoms with van der Waals surface area (Å²) < 4.78 is 0. The molecule has 116 valence electrons. The molecule has 1 saturated carbocycles. The van der Waals surface area contributed by atoms with Gasteiger partial charge in [-0.3, -0.25) is 0 Å². The van der Waals surface area contributed by atoms with Crippen molar-refractivity contribution in [2.75, 3.05) is 0 Å². The van der Waals surface area contributed by atoms with E-state index in [0.29, 0.717) is 6.42 Å². The lowest BCUT2D eigenvalue weighted by Crippen LogP contribution is -2.55. The van der Waals surface area contributed by atoms with Crippen LogP contribution in [0.3, 0.4) is 0 Å². The average molecular weight is 294 g/mol. The van der Waals surface area contributed by atoms with Crippen LogP contribution in [-0.4, -0.2) is 38.1 Å². The molecule has 4 N–H and O–H groups in total. The summed E-state index contributed by atoms with van der Waals surface area (Å²) in [4.78, 5) is 11.3. The second kappa shape index (κ2) is 5.31. The summed E-state index contributed by atoms with van der Waals surface area (Å²) in [5.74, 6) is -1.27. The fourth-order valence-electron chi connectivity index (χ4n) is 3.18. The molecule has 5 nitrogen and oxygen atoms in total. The van der Waals surface area contributed by atoms with Crippen LogP contribution in [0.2, 0.25) is 0 Å². The number of phenolic OH excluding ortho intramolecular Hbond substituents is 1. The molecule has 1 aromatic carbocycles. The normalized spacial score (nSPS) is 30.1. The Labute approximate surface area is 123 Å². The number of aliphatic carboxylic acids is 1. The Morgan fingerprint density at radius 3 is 2.33 bits per heavy atom. The van der Waals surface area contributed by atoms with Crippen molar-refractivity contribution in [3.8, 4) is 5.75 Å². The summed E-state index contributed by atoms with van der Waals surface area (Å²) in [5.41, 5.74) is -1.48. The number of carboxylic acid groups (broad SMARTS) is 1. The van der Waals surface area contributed by atoms with Gasteiger partial charge in [0.05, 0.1) is 6.10 Å². The number of carboxylic acids is 1. The summed E-state index contributed by atoms with van der Waals surface area (Å²) >= 11 is 0. The first-order chi connectivity index (χ1) is 9.68. The third kappa shape index (κ3) is 2.76. The Bertz CT molecular complexity index is 522. The van der Waals surface area contributed by atoms with E-state index in [1.54, 1.807) is 24.3 Å². The van der Waals surface area contributed by atoms with Gasteiger partial charge in [-0.25, -0.2) is 4.79 Å². The summed E-state index contributed by atoms with van der Waals surface area (Å²) in [6, 6.07) is 6.80. The van der Waals surface area contributed by atoms with E-state index in [2.05, 4.69) is 0 Å². The highest BCUT2D eigenvalue weighted by atomic mass is 16.4. The number of rotatable bonds is 3. The standard InChI is InChI=1S/C16H22O5/c1-15(2,10-3-6-12(17)7-4-10)11-5-8-13(18)16(21,9-11)14(19)20/h3-4,6-7,11,13,17-18,21H,5,8-9H2,1-2H3,(H,19,20). The third-order valence-electron chi connectivity index (χ3n) is 4.90. The molecule has 0 aromatic heterocycles. The van der Waals surface area contributed by atoms with Crippen molar-refractivity contribution in [3.63, 3.8) is 0 Å². The zero-order chi connectivity index (χ0) is 15.8. The maximum atomic E-state index is 11.3. The molecule has 0 saturated heterocycles.